The summed E-state index contributed by atoms with van der Waals surface area (Å²) in [5.74, 6) is -1.66. The van der Waals surface area contributed by atoms with E-state index in [0.717, 1.165) is 5.57 Å². The molecule has 0 unspecified atom stereocenters. The van der Waals surface area contributed by atoms with Gasteiger partial charge in [-0.25, -0.2) is 0 Å². The van der Waals surface area contributed by atoms with E-state index >= 15 is 0 Å². The predicted octanol–water partition coefficient (Wildman–Crippen LogP) is 2.35. The van der Waals surface area contributed by atoms with Crippen LogP contribution in [0.4, 0.5) is 0 Å². The highest BCUT2D eigenvalue weighted by molar-refractivity contribution is 5.87. The minimum atomic E-state index is -1.98. The van der Waals surface area contributed by atoms with Crippen molar-refractivity contribution in [1.82, 2.24) is 0 Å². The fourth-order valence-corrected chi connectivity index (χ4v) is 12.4. The molecule has 20 atom stereocenters. The van der Waals surface area contributed by atoms with E-state index in [1.54, 1.807) is 28.1 Å². The first-order chi connectivity index (χ1) is 27.6. The monoisotopic (exact) mass is 840 g/mol. The number of methoxy groups -OCH3 is 2. The largest absolute Gasteiger partial charge is 0.462 e. The highest BCUT2D eigenvalue weighted by Crippen LogP contribution is 2.71. The Labute approximate surface area is 347 Å². The normalized spacial score (nSPS) is 52.4. The molecule has 3 saturated heterocycles. The Bertz CT molecular complexity index is 1580. The molecule has 3 heterocycles. The predicted molar refractivity (Wildman–Crippen MR) is 206 cm³/mol. The topological polar surface area (TPSA) is 218 Å². The first-order valence-corrected chi connectivity index (χ1v) is 21.5. The quantitative estimate of drug-likeness (QED) is 0.158. The van der Waals surface area contributed by atoms with Crippen LogP contribution >= 0.6 is 0 Å². The van der Waals surface area contributed by atoms with Crippen molar-refractivity contribution >= 4 is 11.8 Å². The van der Waals surface area contributed by atoms with E-state index in [4.69, 9.17) is 42.6 Å². The summed E-state index contributed by atoms with van der Waals surface area (Å²) in [6.45, 7) is 11.7. The van der Waals surface area contributed by atoms with Crippen LogP contribution in [0.25, 0.3) is 0 Å². The molecule has 0 amide bonds. The summed E-state index contributed by atoms with van der Waals surface area (Å²) in [4.78, 5) is 25.4. The summed E-state index contributed by atoms with van der Waals surface area (Å²) in [7, 11) is 3.15. The third-order valence-corrected chi connectivity index (χ3v) is 15.9. The molecule has 0 aromatic rings. The maximum absolute atomic E-state index is 13.0. The number of fused-ring (bicyclic) bond motifs is 5. The van der Waals surface area contributed by atoms with E-state index in [-0.39, 0.29) is 38.2 Å². The number of aliphatic hydroxyl groups excluding tert-OH is 2. The molecule has 16 heteroatoms. The maximum Gasteiger partial charge on any atom is 0.302 e. The molecule has 3 saturated carbocycles. The van der Waals surface area contributed by atoms with Crippen LogP contribution in [0, 0.1) is 16.7 Å². The Morgan fingerprint density at radius 3 is 1.97 bits per heavy atom. The molecular formula is C43H68O16. The van der Waals surface area contributed by atoms with Gasteiger partial charge in [-0.1, -0.05) is 18.6 Å². The molecule has 5 N–H and O–H groups in total. The molecule has 0 bridgehead atoms. The van der Waals surface area contributed by atoms with Crippen molar-refractivity contribution in [1.29, 1.82) is 0 Å². The van der Waals surface area contributed by atoms with Gasteiger partial charge in [0.25, 0.3) is 0 Å². The smallest absolute Gasteiger partial charge is 0.302 e. The van der Waals surface area contributed by atoms with Gasteiger partial charge < -0.3 is 68.2 Å². The number of hydrogen-bond acceptors (Lipinski definition) is 16. The first kappa shape index (κ1) is 45.4. The van der Waals surface area contributed by atoms with Gasteiger partial charge in [0, 0.05) is 46.3 Å². The van der Waals surface area contributed by atoms with E-state index in [1.807, 2.05) is 19.9 Å². The molecule has 59 heavy (non-hydrogen) atoms. The Balaban J connectivity index is 0.973. The third-order valence-electron chi connectivity index (χ3n) is 15.9. The van der Waals surface area contributed by atoms with Gasteiger partial charge in [-0.15, -0.1) is 0 Å². The van der Waals surface area contributed by atoms with Crippen molar-refractivity contribution in [3.63, 3.8) is 0 Å². The lowest BCUT2D eigenvalue weighted by atomic mass is 9.42. The van der Waals surface area contributed by atoms with Crippen molar-refractivity contribution in [3.8, 4) is 0 Å². The lowest BCUT2D eigenvalue weighted by molar-refractivity contribution is -0.337. The fraction of sp³-hybridized carbons (Fsp3) is 0.907. The van der Waals surface area contributed by atoms with Crippen molar-refractivity contribution in [2.24, 2.45) is 16.7 Å². The summed E-state index contributed by atoms with van der Waals surface area (Å²) in [5, 5.41) is 58.8. The van der Waals surface area contributed by atoms with Gasteiger partial charge in [0.1, 0.15) is 41.2 Å². The zero-order chi connectivity index (χ0) is 43.0. The second-order valence-corrected chi connectivity index (χ2v) is 19.0. The molecule has 0 aromatic heterocycles. The van der Waals surface area contributed by atoms with Crippen LogP contribution in [0.5, 0.6) is 0 Å². The number of ketones is 1. The van der Waals surface area contributed by atoms with Crippen molar-refractivity contribution in [2.45, 2.75) is 215 Å². The number of ether oxygens (including phenoxy) is 9. The minimum absolute atomic E-state index is 0.0231. The average Bonchev–Trinajstić information content (AvgIpc) is 3.40. The van der Waals surface area contributed by atoms with Crippen LogP contribution in [0.15, 0.2) is 11.6 Å². The zero-order valence-electron chi connectivity index (χ0n) is 36.0. The minimum Gasteiger partial charge on any atom is -0.462 e. The average molecular weight is 841 g/mol. The zero-order valence-corrected chi connectivity index (χ0v) is 36.0. The lowest BCUT2D eigenvalue weighted by Gasteiger charge is -2.67. The van der Waals surface area contributed by atoms with Crippen molar-refractivity contribution < 1.29 is 77.8 Å². The number of rotatable bonds is 10. The van der Waals surface area contributed by atoms with Crippen molar-refractivity contribution in [2.75, 3.05) is 14.2 Å². The van der Waals surface area contributed by atoms with Crippen LogP contribution in [0.2, 0.25) is 0 Å². The second-order valence-electron chi connectivity index (χ2n) is 19.0. The fourth-order valence-electron chi connectivity index (χ4n) is 12.4. The van der Waals surface area contributed by atoms with Gasteiger partial charge in [-0.3, -0.25) is 9.59 Å². The van der Waals surface area contributed by atoms with Crippen LogP contribution in [0.3, 0.4) is 0 Å². The third kappa shape index (κ3) is 7.37. The lowest BCUT2D eigenvalue weighted by Crippen LogP contribution is -2.78. The molecule has 7 aliphatic rings. The number of esters is 1. The maximum atomic E-state index is 13.0. The summed E-state index contributed by atoms with van der Waals surface area (Å²) in [6, 6.07) is 0. The van der Waals surface area contributed by atoms with Gasteiger partial charge in [0.2, 0.25) is 0 Å². The number of carbonyl (C=O) groups is 2. The van der Waals surface area contributed by atoms with E-state index in [1.165, 1.54) is 13.8 Å². The van der Waals surface area contributed by atoms with Gasteiger partial charge in [0.15, 0.2) is 24.7 Å². The number of aliphatic hydroxyl groups is 5. The SMILES string of the molecule is CO[C@H]1C[C@H](O[C@@H]2[C@H](C)O[C@@H](O[C@H]3[C@@H](O)C[C@H](O[C@H]4CC[C@@]5(C)C(=CC[C@]6(O)[C@@H]5C[C@@H](OC(C)=O)[C@@]5(C)[C@]6(O)CC[C@@]5(O)C(C)=O)C4)O[C@@H]3C)C[C@@H]2OC)O[C@H](C)[C@H]1O. The molecule has 0 spiro atoms. The highest BCUT2D eigenvalue weighted by atomic mass is 16.7. The molecule has 3 aliphatic heterocycles. The Morgan fingerprint density at radius 1 is 0.763 bits per heavy atom. The van der Waals surface area contributed by atoms with Gasteiger partial charge in [-0.05, 0) is 85.0 Å². The van der Waals surface area contributed by atoms with E-state index < -0.39 is 125 Å². The standard InChI is InChI=1S/C43H68O16/c1-21-36(47)29(51-8)18-34(53-21)59-38-23(3)55-35(19-30(38)52-9)58-37-22(2)54-33(17-28(37)46)57-27-11-12-39(6)26(16-27)10-13-42(49)31(39)20-32(56-25(5)45)40(7)41(48,24(4)44)14-15-43(40,42)50/h10,21-23,27-38,46-50H,11-20H2,1-9H3/t21-,22-,23+,27+,28+,29+,30+,31-,32-,33+,34+,35+,36-,37-,38-,39+,40-,41-,42+,43-/m1/s1. The van der Waals surface area contributed by atoms with Crippen molar-refractivity contribution in [3.05, 3.63) is 11.6 Å². The van der Waals surface area contributed by atoms with E-state index in [9.17, 15) is 35.1 Å². The Hall–Kier alpha value is -1.64. The molecular weight excluding hydrogens is 772 g/mol. The second kappa shape index (κ2) is 16.5. The van der Waals surface area contributed by atoms with Crippen LogP contribution in [-0.4, -0.2) is 154 Å². The summed E-state index contributed by atoms with van der Waals surface area (Å²) < 4.78 is 54.8. The molecule has 0 radical (unpaired) electrons. The number of carbonyl (C=O) groups excluding carboxylic acids is 2. The summed E-state index contributed by atoms with van der Waals surface area (Å²) in [5.41, 5.74) is -6.76. The molecule has 336 valence electrons. The Kier molecular flexibility index (Phi) is 12.7. The van der Waals surface area contributed by atoms with E-state index in [0.29, 0.717) is 32.1 Å². The van der Waals surface area contributed by atoms with Gasteiger partial charge in [0.05, 0.1) is 48.1 Å². The van der Waals surface area contributed by atoms with Gasteiger partial charge in [-0.2, -0.15) is 0 Å². The number of hydrogen-bond donors (Lipinski definition) is 5. The Morgan fingerprint density at radius 2 is 1.36 bits per heavy atom. The van der Waals surface area contributed by atoms with Gasteiger partial charge >= 0.3 is 5.97 Å². The van der Waals surface area contributed by atoms with Crippen LogP contribution < -0.4 is 0 Å². The summed E-state index contributed by atoms with van der Waals surface area (Å²) in [6.07, 6.45) is -3.70. The number of Topliss-reactive ketones (excluding diaryl/α,β-unsaturated/α-hetero) is 1. The summed E-state index contributed by atoms with van der Waals surface area (Å²) >= 11 is 0. The molecule has 4 aliphatic carbocycles. The first-order valence-electron chi connectivity index (χ1n) is 21.5. The highest BCUT2D eigenvalue weighted by Gasteiger charge is 2.81. The molecule has 16 nitrogen and oxygen atoms in total. The van der Waals surface area contributed by atoms with Crippen LogP contribution in [-0.2, 0) is 52.2 Å². The molecule has 6 fully saturated rings. The molecule has 7 rings (SSSR count). The van der Waals surface area contributed by atoms with E-state index in [2.05, 4.69) is 6.92 Å². The molecule has 0 aromatic carbocycles. The van der Waals surface area contributed by atoms with Crippen LogP contribution in [0.1, 0.15) is 113 Å².